The van der Waals surface area contributed by atoms with E-state index < -0.39 is 10.0 Å². The van der Waals surface area contributed by atoms with Crippen LogP contribution in [-0.4, -0.2) is 35.3 Å². The number of rotatable bonds is 7. The average Bonchev–Trinajstić information content (AvgIpc) is 3.21. The van der Waals surface area contributed by atoms with Crippen LogP contribution in [0.3, 0.4) is 0 Å². The minimum Gasteiger partial charge on any atom is -0.348 e. The summed E-state index contributed by atoms with van der Waals surface area (Å²) in [6.07, 6.45) is 2.75. The van der Waals surface area contributed by atoms with Gasteiger partial charge in [-0.1, -0.05) is 48.5 Å². The quantitative estimate of drug-likeness (QED) is 0.431. The highest BCUT2D eigenvalue weighted by atomic mass is 32.2. The number of nitrogens with one attached hydrogen (secondary N) is 2. The molecule has 4 rings (SSSR count). The Hall–Kier alpha value is -3.72. The topological polar surface area (TPSA) is 106 Å². The van der Waals surface area contributed by atoms with Gasteiger partial charge in [-0.3, -0.25) is 9.52 Å². The fourth-order valence-electron chi connectivity index (χ4n) is 3.59. The van der Waals surface area contributed by atoms with Gasteiger partial charge in [0.1, 0.15) is 0 Å². The van der Waals surface area contributed by atoms with Gasteiger partial charge >= 0.3 is 0 Å². The molecule has 0 aliphatic heterocycles. The number of anilines is 1. The third-order valence-corrected chi connectivity index (χ3v) is 5.71. The van der Waals surface area contributed by atoms with Crippen LogP contribution in [0, 0.1) is 0 Å². The highest BCUT2D eigenvalue weighted by molar-refractivity contribution is 7.92. The van der Waals surface area contributed by atoms with E-state index in [1.807, 2.05) is 44.2 Å². The van der Waals surface area contributed by atoms with E-state index in [9.17, 15) is 13.2 Å². The van der Waals surface area contributed by atoms with Crippen molar-refractivity contribution in [2.24, 2.45) is 0 Å². The molecule has 4 aromatic rings. The van der Waals surface area contributed by atoms with Crippen LogP contribution in [0.2, 0.25) is 0 Å². The van der Waals surface area contributed by atoms with Crippen molar-refractivity contribution in [1.82, 2.24) is 20.1 Å². The number of amides is 1. The lowest BCUT2D eigenvalue weighted by molar-refractivity contribution is 0.0952. The Labute approximate surface area is 192 Å². The number of hydrogen-bond donors (Lipinski definition) is 2. The van der Waals surface area contributed by atoms with Gasteiger partial charge < -0.3 is 5.32 Å². The SMILES string of the molecule is CC(C)n1ncc2c(C(=O)NCc3ccccc3NS(C)(=O)=O)cc(-c3ccccc3)nc21. The molecule has 1 amide bonds. The third-order valence-electron chi connectivity index (χ3n) is 5.12. The molecular formula is C24H25N5O3S. The number of carbonyl (C=O) groups is 1. The second kappa shape index (κ2) is 9.03. The Balaban J connectivity index is 1.70. The summed E-state index contributed by atoms with van der Waals surface area (Å²) in [7, 11) is -3.44. The van der Waals surface area contributed by atoms with Crippen molar-refractivity contribution in [3.05, 3.63) is 78.0 Å². The van der Waals surface area contributed by atoms with Crippen molar-refractivity contribution in [2.75, 3.05) is 11.0 Å². The molecule has 0 saturated heterocycles. The molecule has 0 fully saturated rings. The number of aromatic nitrogens is 3. The molecule has 0 saturated carbocycles. The zero-order valence-electron chi connectivity index (χ0n) is 18.6. The second-order valence-corrected chi connectivity index (χ2v) is 9.80. The number of hydrogen-bond acceptors (Lipinski definition) is 5. The molecule has 2 heterocycles. The van der Waals surface area contributed by atoms with Gasteiger partial charge in [-0.2, -0.15) is 5.10 Å². The maximum atomic E-state index is 13.3. The Morgan fingerprint density at radius 2 is 1.76 bits per heavy atom. The number of nitrogens with zero attached hydrogens (tertiary/aromatic N) is 3. The number of sulfonamides is 1. The largest absolute Gasteiger partial charge is 0.348 e. The van der Waals surface area contributed by atoms with Crippen molar-refractivity contribution < 1.29 is 13.2 Å². The third kappa shape index (κ3) is 5.04. The molecule has 8 nitrogen and oxygen atoms in total. The highest BCUT2D eigenvalue weighted by Gasteiger charge is 2.19. The summed E-state index contributed by atoms with van der Waals surface area (Å²) < 4.78 is 27.6. The summed E-state index contributed by atoms with van der Waals surface area (Å²) >= 11 is 0. The number of pyridine rings is 1. The first-order valence-corrected chi connectivity index (χ1v) is 12.4. The molecule has 0 spiro atoms. The first-order chi connectivity index (χ1) is 15.7. The van der Waals surface area contributed by atoms with Gasteiger partial charge in [0, 0.05) is 18.2 Å². The number of benzene rings is 2. The molecule has 0 bridgehead atoms. The van der Waals surface area contributed by atoms with Gasteiger partial charge in [-0.25, -0.2) is 18.1 Å². The lowest BCUT2D eigenvalue weighted by Gasteiger charge is -2.13. The monoisotopic (exact) mass is 463 g/mol. The van der Waals surface area contributed by atoms with Crippen LogP contribution in [0.25, 0.3) is 22.3 Å². The van der Waals surface area contributed by atoms with Gasteiger partial charge in [-0.15, -0.1) is 0 Å². The number of carbonyl (C=O) groups excluding carboxylic acids is 1. The number of fused-ring (bicyclic) bond motifs is 1. The van der Waals surface area contributed by atoms with E-state index in [-0.39, 0.29) is 18.5 Å². The van der Waals surface area contributed by atoms with Crippen LogP contribution >= 0.6 is 0 Å². The summed E-state index contributed by atoms with van der Waals surface area (Å²) in [6, 6.07) is 18.4. The Bertz CT molecular complexity index is 1410. The van der Waals surface area contributed by atoms with Crippen LogP contribution in [0.15, 0.2) is 66.9 Å². The highest BCUT2D eigenvalue weighted by Crippen LogP contribution is 2.26. The first-order valence-electron chi connectivity index (χ1n) is 10.5. The van der Waals surface area contributed by atoms with E-state index >= 15 is 0 Å². The Morgan fingerprint density at radius 1 is 1.06 bits per heavy atom. The molecule has 2 aromatic heterocycles. The lowest BCUT2D eigenvalue weighted by Crippen LogP contribution is -2.24. The smallest absolute Gasteiger partial charge is 0.252 e. The Morgan fingerprint density at radius 3 is 2.45 bits per heavy atom. The molecule has 0 aliphatic carbocycles. The maximum Gasteiger partial charge on any atom is 0.252 e. The van der Waals surface area contributed by atoms with E-state index in [4.69, 9.17) is 4.98 Å². The van der Waals surface area contributed by atoms with E-state index in [1.165, 1.54) is 0 Å². The summed E-state index contributed by atoms with van der Waals surface area (Å²) in [6.45, 7) is 4.17. The van der Waals surface area contributed by atoms with E-state index in [2.05, 4.69) is 15.1 Å². The molecule has 0 aliphatic rings. The van der Waals surface area contributed by atoms with Gasteiger partial charge in [0.25, 0.3) is 5.91 Å². The van der Waals surface area contributed by atoms with E-state index in [0.29, 0.717) is 33.5 Å². The van der Waals surface area contributed by atoms with Gasteiger partial charge in [0.15, 0.2) is 5.65 Å². The van der Waals surface area contributed by atoms with Crippen LogP contribution < -0.4 is 10.0 Å². The maximum absolute atomic E-state index is 13.3. The molecular weight excluding hydrogens is 438 g/mol. The number of para-hydroxylation sites is 1. The Kier molecular flexibility index (Phi) is 6.15. The zero-order valence-corrected chi connectivity index (χ0v) is 19.4. The zero-order chi connectivity index (χ0) is 23.6. The first kappa shape index (κ1) is 22.5. The fraction of sp³-hybridized carbons (Fsp3) is 0.208. The minimum atomic E-state index is -3.44. The van der Waals surface area contributed by atoms with Crippen molar-refractivity contribution >= 4 is 32.7 Å². The summed E-state index contributed by atoms with van der Waals surface area (Å²) in [5.41, 5.74) is 3.75. The predicted molar refractivity (Wildman–Crippen MR) is 129 cm³/mol. The lowest BCUT2D eigenvalue weighted by atomic mass is 10.1. The van der Waals surface area contributed by atoms with Crippen LogP contribution in [-0.2, 0) is 16.6 Å². The van der Waals surface area contributed by atoms with Crippen molar-refractivity contribution in [1.29, 1.82) is 0 Å². The molecule has 2 N–H and O–H groups in total. The van der Waals surface area contributed by atoms with E-state index in [1.54, 1.807) is 41.2 Å². The second-order valence-electron chi connectivity index (χ2n) is 8.06. The normalized spacial score (nSPS) is 11.6. The molecule has 9 heteroatoms. The predicted octanol–water partition coefficient (Wildman–Crippen LogP) is 3.98. The van der Waals surface area contributed by atoms with Crippen molar-refractivity contribution in [3.63, 3.8) is 0 Å². The summed E-state index contributed by atoms with van der Waals surface area (Å²) in [5, 5.41) is 8.01. The van der Waals surface area contributed by atoms with Crippen LogP contribution in [0.1, 0.15) is 35.8 Å². The molecule has 2 aromatic carbocycles. The molecule has 0 radical (unpaired) electrons. The molecule has 0 atom stereocenters. The standard InChI is InChI=1S/C24H25N5O3S/c1-16(2)29-23-20(15-26-29)19(13-22(27-23)17-9-5-4-6-10-17)24(30)25-14-18-11-7-8-12-21(18)28-33(3,31)32/h4-13,15-16,28H,14H2,1-3H3,(H,25,30). The average molecular weight is 464 g/mol. The molecule has 0 unspecified atom stereocenters. The van der Waals surface area contributed by atoms with Gasteiger partial charge in [-0.05, 0) is 31.5 Å². The van der Waals surface area contributed by atoms with Crippen molar-refractivity contribution in [3.8, 4) is 11.3 Å². The molecule has 33 heavy (non-hydrogen) atoms. The van der Waals surface area contributed by atoms with Crippen LogP contribution in [0.4, 0.5) is 5.69 Å². The van der Waals surface area contributed by atoms with Gasteiger partial charge in [0.05, 0.1) is 34.8 Å². The van der Waals surface area contributed by atoms with Crippen LogP contribution in [0.5, 0.6) is 0 Å². The van der Waals surface area contributed by atoms with Crippen molar-refractivity contribution in [2.45, 2.75) is 26.4 Å². The summed E-state index contributed by atoms with van der Waals surface area (Å²) in [5.74, 6) is -0.294. The fourth-order valence-corrected chi connectivity index (χ4v) is 4.18. The van der Waals surface area contributed by atoms with Gasteiger partial charge in [0.2, 0.25) is 10.0 Å². The summed E-state index contributed by atoms with van der Waals surface area (Å²) in [4.78, 5) is 18.1. The van der Waals surface area contributed by atoms with E-state index in [0.717, 1.165) is 11.8 Å². The minimum absolute atomic E-state index is 0.0749. The molecule has 170 valence electrons.